The number of benzene rings is 2. The minimum atomic E-state index is -4.64. The van der Waals surface area contributed by atoms with E-state index in [1.807, 2.05) is 13.0 Å². The highest BCUT2D eigenvalue weighted by atomic mass is 19.4. The fourth-order valence-corrected chi connectivity index (χ4v) is 2.55. The topological polar surface area (TPSA) is 93.0 Å². The zero-order valence-corrected chi connectivity index (χ0v) is 15.2. The van der Waals surface area contributed by atoms with Crippen LogP contribution in [0.1, 0.15) is 18.1 Å². The van der Waals surface area contributed by atoms with Gasteiger partial charge in [-0.25, -0.2) is 4.98 Å². The molecule has 10 heteroatoms. The zero-order valence-electron chi connectivity index (χ0n) is 15.2. The van der Waals surface area contributed by atoms with Crippen LogP contribution in [0.5, 0.6) is 0 Å². The molecule has 3 aromatic rings. The Bertz CT molecular complexity index is 1020. The Labute approximate surface area is 163 Å². The van der Waals surface area contributed by atoms with E-state index in [9.17, 15) is 23.3 Å². The van der Waals surface area contributed by atoms with E-state index in [1.54, 1.807) is 18.2 Å². The van der Waals surface area contributed by atoms with E-state index in [4.69, 9.17) is 0 Å². The van der Waals surface area contributed by atoms with Gasteiger partial charge >= 0.3 is 6.18 Å². The lowest BCUT2D eigenvalue weighted by atomic mass is 10.1. The predicted octanol–water partition coefficient (Wildman–Crippen LogP) is 5.45. The lowest BCUT2D eigenvalue weighted by Gasteiger charge is -2.15. The van der Waals surface area contributed by atoms with Gasteiger partial charge in [0, 0.05) is 29.7 Å². The number of aromatic nitrogens is 2. The number of halogens is 3. The van der Waals surface area contributed by atoms with Crippen LogP contribution in [0.2, 0.25) is 0 Å². The van der Waals surface area contributed by atoms with Gasteiger partial charge in [0.05, 0.1) is 4.92 Å². The molecule has 0 aliphatic rings. The molecule has 0 aliphatic heterocycles. The summed E-state index contributed by atoms with van der Waals surface area (Å²) in [7, 11) is 0. The second kappa shape index (κ2) is 8.13. The first-order chi connectivity index (χ1) is 13.8. The highest BCUT2D eigenvalue weighted by Crippen LogP contribution is 2.35. The Balaban J connectivity index is 1.91. The van der Waals surface area contributed by atoms with Crippen molar-refractivity contribution >= 4 is 28.8 Å². The van der Waals surface area contributed by atoms with Crippen LogP contribution < -0.4 is 10.6 Å². The summed E-state index contributed by atoms with van der Waals surface area (Å²) in [5.74, 6) is -0.480. The second-order valence-electron chi connectivity index (χ2n) is 6.06. The third kappa shape index (κ3) is 4.98. The van der Waals surface area contributed by atoms with Gasteiger partial charge in [0.25, 0.3) is 5.69 Å². The van der Waals surface area contributed by atoms with Crippen molar-refractivity contribution in [1.29, 1.82) is 0 Å². The molecule has 0 radical (unpaired) electrons. The highest BCUT2D eigenvalue weighted by Gasteiger charge is 2.35. The number of alkyl halides is 3. The number of hydrogen-bond acceptors (Lipinski definition) is 6. The summed E-state index contributed by atoms with van der Waals surface area (Å²) in [6.07, 6.45) is -3.22. The van der Waals surface area contributed by atoms with Gasteiger partial charge in [-0.1, -0.05) is 19.1 Å². The average Bonchev–Trinajstić information content (AvgIpc) is 2.68. The van der Waals surface area contributed by atoms with Crippen LogP contribution in [0, 0.1) is 10.1 Å². The molecule has 1 heterocycles. The van der Waals surface area contributed by atoms with Crippen molar-refractivity contribution in [3.63, 3.8) is 0 Å². The Morgan fingerprint density at radius 3 is 2.41 bits per heavy atom. The van der Waals surface area contributed by atoms with E-state index < -0.39 is 22.5 Å². The molecule has 1 aromatic heterocycles. The van der Waals surface area contributed by atoms with Crippen LogP contribution in [0.3, 0.4) is 0 Å². The predicted molar refractivity (Wildman–Crippen MR) is 103 cm³/mol. The number of anilines is 4. The number of rotatable bonds is 6. The van der Waals surface area contributed by atoms with E-state index in [0.29, 0.717) is 17.6 Å². The maximum Gasteiger partial charge on any atom is 0.421 e. The van der Waals surface area contributed by atoms with E-state index in [1.165, 1.54) is 24.3 Å². The number of nitrogens with zero attached hydrogens (tertiary/aromatic N) is 3. The summed E-state index contributed by atoms with van der Waals surface area (Å²) in [5, 5.41) is 16.2. The monoisotopic (exact) mass is 403 g/mol. The van der Waals surface area contributed by atoms with Crippen molar-refractivity contribution in [1.82, 2.24) is 9.97 Å². The molecule has 0 saturated heterocycles. The molecule has 2 aromatic carbocycles. The maximum absolute atomic E-state index is 13.4. The van der Waals surface area contributed by atoms with E-state index in [2.05, 4.69) is 20.6 Å². The Kier molecular flexibility index (Phi) is 5.62. The highest BCUT2D eigenvalue weighted by molar-refractivity contribution is 5.63. The summed E-state index contributed by atoms with van der Waals surface area (Å²) >= 11 is 0. The average molecular weight is 403 g/mol. The normalized spacial score (nSPS) is 11.2. The van der Waals surface area contributed by atoms with Gasteiger partial charge in [-0.3, -0.25) is 10.1 Å². The van der Waals surface area contributed by atoms with Crippen LogP contribution in [-0.2, 0) is 12.6 Å². The lowest BCUT2D eigenvalue weighted by molar-refractivity contribution is -0.384. The second-order valence-corrected chi connectivity index (χ2v) is 6.06. The third-order valence-electron chi connectivity index (χ3n) is 4.03. The molecule has 0 spiro atoms. The van der Waals surface area contributed by atoms with Gasteiger partial charge in [0.2, 0.25) is 5.95 Å². The number of nitro benzene ring substituents is 1. The van der Waals surface area contributed by atoms with Crippen LogP contribution in [0.25, 0.3) is 0 Å². The lowest BCUT2D eigenvalue weighted by Crippen LogP contribution is -2.12. The quantitative estimate of drug-likeness (QED) is 0.420. The number of non-ortho nitro benzene ring substituents is 1. The molecule has 150 valence electrons. The van der Waals surface area contributed by atoms with Crippen molar-refractivity contribution < 1.29 is 18.1 Å². The molecule has 0 fully saturated rings. The van der Waals surface area contributed by atoms with Crippen LogP contribution >= 0.6 is 0 Å². The van der Waals surface area contributed by atoms with Crippen molar-refractivity contribution in [3.8, 4) is 0 Å². The fraction of sp³-hybridized carbons (Fsp3) is 0.158. The molecule has 0 saturated carbocycles. The summed E-state index contributed by atoms with van der Waals surface area (Å²) in [6, 6.07) is 12.4. The zero-order chi connectivity index (χ0) is 21.0. The summed E-state index contributed by atoms with van der Waals surface area (Å²) in [6.45, 7) is 1.94. The Morgan fingerprint density at radius 1 is 1.07 bits per heavy atom. The Morgan fingerprint density at radius 2 is 1.79 bits per heavy atom. The number of nitrogens with one attached hydrogen (secondary N) is 2. The van der Waals surface area contributed by atoms with E-state index in [-0.39, 0.29) is 11.6 Å². The Hall–Kier alpha value is -3.69. The molecule has 0 bridgehead atoms. The number of hydrogen-bond donors (Lipinski definition) is 2. The summed E-state index contributed by atoms with van der Waals surface area (Å²) < 4.78 is 40.1. The van der Waals surface area contributed by atoms with Gasteiger partial charge in [-0.2, -0.15) is 18.2 Å². The third-order valence-corrected chi connectivity index (χ3v) is 4.03. The molecule has 0 aliphatic carbocycles. The van der Waals surface area contributed by atoms with Crippen LogP contribution in [0.4, 0.5) is 42.0 Å². The van der Waals surface area contributed by atoms with Gasteiger partial charge in [-0.15, -0.1) is 0 Å². The minimum absolute atomic E-state index is 0.0824. The molecule has 0 atom stereocenters. The van der Waals surface area contributed by atoms with Crippen molar-refractivity contribution in [2.45, 2.75) is 19.5 Å². The largest absolute Gasteiger partial charge is 0.421 e. The van der Waals surface area contributed by atoms with Gasteiger partial charge < -0.3 is 10.6 Å². The first-order valence-electron chi connectivity index (χ1n) is 8.58. The molecule has 3 rings (SSSR count). The van der Waals surface area contributed by atoms with E-state index in [0.717, 1.165) is 12.0 Å². The molecule has 29 heavy (non-hydrogen) atoms. The minimum Gasteiger partial charge on any atom is -0.340 e. The first-order valence-corrected chi connectivity index (χ1v) is 8.58. The van der Waals surface area contributed by atoms with Gasteiger partial charge in [0.1, 0.15) is 11.4 Å². The number of aryl methyl sites for hydroxylation is 1. The SMILES string of the molecule is CCc1cccc(Nc2nc(Nc3ccc([N+](=O)[O-])cc3)ncc2C(F)(F)F)c1. The number of nitro groups is 1. The van der Waals surface area contributed by atoms with Gasteiger partial charge in [0.15, 0.2) is 0 Å². The summed E-state index contributed by atoms with van der Waals surface area (Å²) in [5.41, 5.74) is 0.710. The molecule has 2 N–H and O–H groups in total. The standard InChI is InChI=1S/C19H16F3N5O2/c1-2-12-4-3-5-14(10-12)24-17-16(19(20,21)22)11-23-18(26-17)25-13-6-8-15(9-7-13)27(28)29/h3-11H,2H2,1H3,(H2,23,24,25,26). The first kappa shape index (κ1) is 20.1. The van der Waals surface area contributed by atoms with Crippen LogP contribution in [-0.4, -0.2) is 14.9 Å². The van der Waals surface area contributed by atoms with Crippen LogP contribution in [0.15, 0.2) is 54.7 Å². The maximum atomic E-state index is 13.4. The van der Waals surface area contributed by atoms with Crippen molar-refractivity contribution in [2.24, 2.45) is 0 Å². The molecule has 7 nitrogen and oxygen atoms in total. The van der Waals surface area contributed by atoms with Gasteiger partial charge in [-0.05, 0) is 36.2 Å². The smallest absolute Gasteiger partial charge is 0.340 e. The molecule has 0 amide bonds. The van der Waals surface area contributed by atoms with E-state index >= 15 is 0 Å². The van der Waals surface area contributed by atoms with Crippen molar-refractivity contribution in [2.75, 3.05) is 10.6 Å². The fourth-order valence-electron chi connectivity index (χ4n) is 2.55. The summed E-state index contributed by atoms with van der Waals surface area (Å²) in [4.78, 5) is 17.8. The van der Waals surface area contributed by atoms with Crippen molar-refractivity contribution in [3.05, 3.63) is 76.0 Å². The molecule has 0 unspecified atom stereocenters. The molecular weight excluding hydrogens is 387 g/mol. The molecular formula is C19H16F3N5O2.